The SMILES string of the molecule is CCCCC1CCCC1NCc1ccc(S(C)(=O)=O)cc1. The van der Waals surface area contributed by atoms with Crippen molar-refractivity contribution in [1.29, 1.82) is 0 Å². The number of sulfone groups is 1. The molecule has 0 saturated heterocycles. The molecule has 1 fully saturated rings. The Hall–Kier alpha value is -0.870. The first-order valence-corrected chi connectivity index (χ1v) is 9.92. The second kappa shape index (κ2) is 7.41. The van der Waals surface area contributed by atoms with Crippen molar-refractivity contribution in [3.8, 4) is 0 Å². The minimum Gasteiger partial charge on any atom is -0.310 e. The third-order valence-electron chi connectivity index (χ3n) is 4.51. The molecule has 1 aliphatic rings. The van der Waals surface area contributed by atoms with Crippen LogP contribution in [0.25, 0.3) is 0 Å². The van der Waals surface area contributed by atoms with Crippen LogP contribution >= 0.6 is 0 Å². The third-order valence-corrected chi connectivity index (χ3v) is 5.64. The molecule has 0 spiro atoms. The van der Waals surface area contributed by atoms with Gasteiger partial charge in [0.15, 0.2) is 9.84 Å². The minimum atomic E-state index is -3.09. The van der Waals surface area contributed by atoms with Crippen LogP contribution < -0.4 is 5.32 Å². The maximum Gasteiger partial charge on any atom is 0.175 e. The molecule has 1 N–H and O–H groups in total. The normalized spacial score (nSPS) is 22.6. The molecule has 0 bridgehead atoms. The number of rotatable bonds is 7. The summed E-state index contributed by atoms with van der Waals surface area (Å²) in [5.41, 5.74) is 1.16. The van der Waals surface area contributed by atoms with Gasteiger partial charge in [0.1, 0.15) is 0 Å². The Kier molecular flexibility index (Phi) is 5.82. The van der Waals surface area contributed by atoms with Crippen molar-refractivity contribution in [1.82, 2.24) is 5.32 Å². The molecule has 4 heteroatoms. The van der Waals surface area contributed by atoms with Crippen LogP contribution in [-0.2, 0) is 16.4 Å². The van der Waals surface area contributed by atoms with Crippen molar-refractivity contribution in [2.45, 2.75) is 62.9 Å². The largest absolute Gasteiger partial charge is 0.310 e. The maximum atomic E-state index is 11.4. The molecule has 3 nitrogen and oxygen atoms in total. The van der Waals surface area contributed by atoms with E-state index >= 15 is 0 Å². The van der Waals surface area contributed by atoms with Crippen molar-refractivity contribution >= 4 is 9.84 Å². The molecule has 0 amide bonds. The van der Waals surface area contributed by atoms with Crippen LogP contribution in [0.5, 0.6) is 0 Å². The Balaban J connectivity index is 1.88. The summed E-state index contributed by atoms with van der Waals surface area (Å²) in [6.45, 7) is 3.08. The molecule has 0 heterocycles. The van der Waals surface area contributed by atoms with Gasteiger partial charge in [0, 0.05) is 18.8 Å². The van der Waals surface area contributed by atoms with Crippen LogP contribution in [0.15, 0.2) is 29.2 Å². The van der Waals surface area contributed by atoms with Gasteiger partial charge in [0.05, 0.1) is 4.90 Å². The van der Waals surface area contributed by atoms with Gasteiger partial charge >= 0.3 is 0 Å². The number of nitrogens with one attached hydrogen (secondary N) is 1. The van der Waals surface area contributed by atoms with Crippen molar-refractivity contribution in [3.63, 3.8) is 0 Å². The molecule has 1 saturated carbocycles. The van der Waals surface area contributed by atoms with Gasteiger partial charge in [0.25, 0.3) is 0 Å². The molecule has 21 heavy (non-hydrogen) atoms. The minimum absolute atomic E-state index is 0.396. The molecular weight excluding hydrogens is 282 g/mol. The van der Waals surface area contributed by atoms with Gasteiger partial charge < -0.3 is 5.32 Å². The summed E-state index contributed by atoms with van der Waals surface area (Å²) < 4.78 is 22.9. The summed E-state index contributed by atoms with van der Waals surface area (Å²) in [4.78, 5) is 0.396. The van der Waals surface area contributed by atoms with Crippen molar-refractivity contribution in [2.24, 2.45) is 5.92 Å². The van der Waals surface area contributed by atoms with Gasteiger partial charge in [0.2, 0.25) is 0 Å². The summed E-state index contributed by atoms with van der Waals surface area (Å²) in [5.74, 6) is 0.820. The predicted octanol–water partition coefficient (Wildman–Crippen LogP) is 3.54. The molecule has 0 aromatic heterocycles. The van der Waals surface area contributed by atoms with E-state index in [2.05, 4.69) is 12.2 Å². The van der Waals surface area contributed by atoms with Crippen LogP contribution in [0.2, 0.25) is 0 Å². The van der Waals surface area contributed by atoms with Gasteiger partial charge in [-0.05, 0) is 42.9 Å². The van der Waals surface area contributed by atoms with E-state index in [0.29, 0.717) is 10.9 Å². The van der Waals surface area contributed by atoms with E-state index in [1.807, 2.05) is 12.1 Å². The average molecular weight is 309 g/mol. The Morgan fingerprint density at radius 1 is 1.19 bits per heavy atom. The highest BCUT2D eigenvalue weighted by molar-refractivity contribution is 7.90. The van der Waals surface area contributed by atoms with Crippen LogP contribution in [0.1, 0.15) is 51.0 Å². The topological polar surface area (TPSA) is 46.2 Å². The van der Waals surface area contributed by atoms with Gasteiger partial charge in [-0.1, -0.05) is 38.3 Å². The molecule has 2 rings (SSSR count). The first-order valence-electron chi connectivity index (χ1n) is 8.03. The lowest BCUT2D eigenvalue weighted by molar-refractivity contribution is 0.368. The van der Waals surface area contributed by atoms with E-state index in [1.54, 1.807) is 12.1 Å². The highest BCUT2D eigenvalue weighted by atomic mass is 32.2. The highest BCUT2D eigenvalue weighted by Crippen LogP contribution is 2.30. The quantitative estimate of drug-likeness (QED) is 0.838. The van der Waals surface area contributed by atoms with E-state index in [4.69, 9.17) is 0 Å². The lowest BCUT2D eigenvalue weighted by atomic mass is 9.96. The molecule has 2 unspecified atom stereocenters. The lowest BCUT2D eigenvalue weighted by Gasteiger charge is -2.21. The van der Waals surface area contributed by atoms with Gasteiger partial charge in [-0.15, -0.1) is 0 Å². The summed E-state index contributed by atoms with van der Waals surface area (Å²) >= 11 is 0. The van der Waals surface area contributed by atoms with Crippen molar-refractivity contribution < 1.29 is 8.42 Å². The molecular formula is C17H27NO2S. The first-order chi connectivity index (χ1) is 10.0. The van der Waals surface area contributed by atoms with Gasteiger partial charge in [-0.2, -0.15) is 0 Å². The van der Waals surface area contributed by atoms with Gasteiger partial charge in [-0.3, -0.25) is 0 Å². The van der Waals surface area contributed by atoms with Crippen LogP contribution in [0.3, 0.4) is 0 Å². The maximum absolute atomic E-state index is 11.4. The molecule has 1 aliphatic carbocycles. The van der Waals surface area contributed by atoms with Crippen LogP contribution in [0.4, 0.5) is 0 Å². The fourth-order valence-electron chi connectivity index (χ4n) is 3.22. The Labute approximate surface area is 129 Å². The zero-order valence-electron chi connectivity index (χ0n) is 13.1. The number of unbranched alkanes of at least 4 members (excludes halogenated alkanes) is 1. The average Bonchev–Trinajstić information content (AvgIpc) is 2.90. The number of benzene rings is 1. The lowest BCUT2D eigenvalue weighted by Crippen LogP contribution is -2.31. The number of hydrogen-bond donors (Lipinski definition) is 1. The zero-order chi connectivity index (χ0) is 15.3. The van der Waals surface area contributed by atoms with Crippen molar-refractivity contribution in [3.05, 3.63) is 29.8 Å². The number of hydrogen-bond acceptors (Lipinski definition) is 3. The fourth-order valence-corrected chi connectivity index (χ4v) is 3.85. The van der Waals surface area contributed by atoms with E-state index in [9.17, 15) is 8.42 Å². The zero-order valence-corrected chi connectivity index (χ0v) is 14.0. The van der Waals surface area contributed by atoms with Crippen LogP contribution in [-0.4, -0.2) is 20.7 Å². The fraction of sp³-hybridized carbons (Fsp3) is 0.647. The monoisotopic (exact) mass is 309 g/mol. The smallest absolute Gasteiger partial charge is 0.175 e. The summed E-state index contributed by atoms with van der Waals surface area (Å²) in [7, 11) is -3.09. The molecule has 118 valence electrons. The summed E-state index contributed by atoms with van der Waals surface area (Å²) in [5, 5.41) is 3.67. The standard InChI is InChI=1S/C17H27NO2S/c1-3-4-6-15-7-5-8-17(15)18-13-14-9-11-16(12-10-14)21(2,19)20/h9-12,15,17-18H,3-8,13H2,1-2H3. The van der Waals surface area contributed by atoms with Crippen LogP contribution in [0, 0.1) is 5.92 Å². The Morgan fingerprint density at radius 2 is 1.90 bits per heavy atom. The van der Waals surface area contributed by atoms with Crippen molar-refractivity contribution in [2.75, 3.05) is 6.26 Å². The Morgan fingerprint density at radius 3 is 2.52 bits per heavy atom. The van der Waals surface area contributed by atoms with E-state index in [-0.39, 0.29) is 0 Å². The van der Waals surface area contributed by atoms with E-state index in [0.717, 1.165) is 18.0 Å². The molecule has 2 atom stereocenters. The molecule has 1 aromatic rings. The van der Waals surface area contributed by atoms with Gasteiger partial charge in [-0.25, -0.2) is 8.42 Å². The second-order valence-corrected chi connectivity index (χ2v) is 8.25. The highest BCUT2D eigenvalue weighted by Gasteiger charge is 2.25. The third kappa shape index (κ3) is 4.82. The van der Waals surface area contributed by atoms with E-state index in [1.165, 1.54) is 44.8 Å². The summed E-state index contributed by atoms with van der Waals surface area (Å²) in [6.07, 6.45) is 9.14. The first kappa shape index (κ1) is 16.5. The van der Waals surface area contributed by atoms with E-state index < -0.39 is 9.84 Å². The second-order valence-electron chi connectivity index (χ2n) is 6.24. The predicted molar refractivity (Wildman–Crippen MR) is 87.0 cm³/mol. The molecule has 1 aromatic carbocycles. The molecule has 0 radical (unpaired) electrons. The summed E-state index contributed by atoms with van der Waals surface area (Å²) in [6, 6.07) is 7.87. The molecule has 0 aliphatic heterocycles. The Bertz CT molecular complexity index is 536.